The molecule has 4 nitrogen and oxygen atoms in total. The van der Waals surface area contributed by atoms with Crippen molar-refractivity contribution in [2.75, 3.05) is 6.26 Å². The molecule has 0 fully saturated rings. The maximum atomic E-state index is 10.7. The van der Waals surface area contributed by atoms with Crippen LogP contribution in [0.5, 0.6) is 5.75 Å². The van der Waals surface area contributed by atoms with E-state index in [9.17, 15) is 18.3 Å². The van der Waals surface area contributed by atoms with Crippen LogP contribution in [0, 0.1) is 6.92 Å². The second-order valence-electron chi connectivity index (χ2n) is 5.10. The molecule has 0 aliphatic rings. The van der Waals surface area contributed by atoms with Gasteiger partial charge in [-0.05, 0) is 36.8 Å². The van der Waals surface area contributed by atoms with Crippen LogP contribution < -0.4 is 0 Å². The van der Waals surface area contributed by atoms with Gasteiger partial charge in [-0.25, -0.2) is 8.42 Å². The SMILES string of the molecule is Cc1ccccc1C[S+](C)c1ccc(O)cc1.O=S(=O)([O-])C(F)(F)F. The Morgan fingerprint density at radius 3 is 2.00 bits per heavy atom. The molecule has 2 rings (SSSR count). The summed E-state index contributed by atoms with van der Waals surface area (Å²) >= 11 is 0. The molecule has 1 N–H and O–H groups in total. The molecule has 0 aliphatic heterocycles. The molecule has 2 aromatic carbocycles. The standard InChI is InChI=1S/C15H16OS.CHF3O3S/c1-12-5-3-4-6-13(12)11-17(2)15-9-7-14(16)8-10-15;2-1(3,4)8(5,6)7/h3-10H,11H2,1-2H3;(H,5,6,7). The highest BCUT2D eigenvalue weighted by Crippen LogP contribution is 2.21. The third-order valence-corrected chi connectivity index (χ3v) is 5.54. The quantitative estimate of drug-likeness (QED) is 0.491. The fourth-order valence-corrected chi connectivity index (χ4v) is 3.32. The van der Waals surface area contributed by atoms with Gasteiger partial charge in [0.1, 0.15) is 17.8 Å². The molecule has 138 valence electrons. The molecule has 0 radical (unpaired) electrons. The summed E-state index contributed by atoms with van der Waals surface area (Å²) in [7, 11) is -5.90. The normalized spacial score (nSPS) is 12.9. The first-order valence-electron chi connectivity index (χ1n) is 6.90. The van der Waals surface area contributed by atoms with Crippen molar-refractivity contribution >= 4 is 21.0 Å². The highest BCUT2D eigenvalue weighted by Gasteiger charge is 2.36. The van der Waals surface area contributed by atoms with Gasteiger partial charge in [-0.3, -0.25) is 0 Å². The lowest BCUT2D eigenvalue weighted by Gasteiger charge is -2.08. The van der Waals surface area contributed by atoms with Gasteiger partial charge in [0.2, 0.25) is 0 Å². The zero-order valence-corrected chi connectivity index (χ0v) is 15.1. The minimum absolute atomic E-state index is 0.186. The van der Waals surface area contributed by atoms with Gasteiger partial charge in [-0.15, -0.1) is 0 Å². The minimum Gasteiger partial charge on any atom is -0.741 e. The summed E-state index contributed by atoms with van der Waals surface area (Å²) in [6.07, 6.45) is 2.25. The zero-order chi connectivity index (χ0) is 19.3. The van der Waals surface area contributed by atoms with E-state index >= 15 is 0 Å². The summed E-state index contributed by atoms with van der Waals surface area (Å²) in [5.41, 5.74) is -2.88. The number of alkyl halides is 3. The van der Waals surface area contributed by atoms with Crippen molar-refractivity contribution in [3.8, 4) is 5.75 Å². The Labute approximate surface area is 147 Å². The molecule has 0 bridgehead atoms. The first-order chi connectivity index (χ1) is 11.4. The highest BCUT2D eigenvalue weighted by atomic mass is 32.2. The van der Waals surface area contributed by atoms with Crippen LogP contribution in [-0.2, 0) is 26.8 Å². The number of halogens is 3. The molecule has 9 heteroatoms. The third kappa shape index (κ3) is 6.97. The van der Waals surface area contributed by atoms with Crippen molar-refractivity contribution in [2.45, 2.75) is 23.1 Å². The molecule has 25 heavy (non-hydrogen) atoms. The Bertz CT molecular complexity index is 788. The second-order valence-corrected chi connectivity index (χ2v) is 8.51. The van der Waals surface area contributed by atoms with Crippen LogP contribution in [0.15, 0.2) is 53.4 Å². The first-order valence-corrected chi connectivity index (χ1v) is 10.1. The van der Waals surface area contributed by atoms with Crippen LogP contribution in [0.4, 0.5) is 13.2 Å². The van der Waals surface area contributed by atoms with Gasteiger partial charge in [-0.2, -0.15) is 13.2 Å². The summed E-state index contributed by atoms with van der Waals surface area (Å²) < 4.78 is 58.9. The van der Waals surface area contributed by atoms with Crippen molar-refractivity contribution in [3.05, 3.63) is 59.7 Å². The largest absolute Gasteiger partial charge is 0.741 e. The van der Waals surface area contributed by atoms with Crippen LogP contribution in [0.3, 0.4) is 0 Å². The number of aromatic hydroxyl groups is 1. The molecule has 0 saturated heterocycles. The summed E-state index contributed by atoms with van der Waals surface area (Å²) in [5, 5.41) is 9.28. The molecule has 0 saturated carbocycles. The van der Waals surface area contributed by atoms with Crippen LogP contribution in [0.25, 0.3) is 0 Å². The molecule has 0 aliphatic carbocycles. The molecular weight excluding hydrogens is 377 g/mol. The van der Waals surface area contributed by atoms with Gasteiger partial charge in [0.05, 0.1) is 0 Å². The molecule has 0 heterocycles. The summed E-state index contributed by atoms with van der Waals surface area (Å²) in [6.45, 7) is 2.16. The first kappa shape index (κ1) is 21.3. The lowest BCUT2D eigenvalue weighted by molar-refractivity contribution is -0.0517. The Balaban J connectivity index is 0.000000333. The van der Waals surface area contributed by atoms with Crippen molar-refractivity contribution in [3.63, 3.8) is 0 Å². The van der Waals surface area contributed by atoms with E-state index in [1.807, 2.05) is 12.1 Å². The maximum absolute atomic E-state index is 10.7. The van der Waals surface area contributed by atoms with E-state index in [2.05, 4.69) is 37.4 Å². The van der Waals surface area contributed by atoms with Crippen molar-refractivity contribution in [1.82, 2.24) is 0 Å². The Morgan fingerprint density at radius 1 is 1.08 bits per heavy atom. The predicted octanol–water partition coefficient (Wildman–Crippen LogP) is 3.56. The predicted molar refractivity (Wildman–Crippen MR) is 90.3 cm³/mol. The lowest BCUT2D eigenvalue weighted by atomic mass is 10.1. The van der Waals surface area contributed by atoms with Gasteiger partial charge in [0.25, 0.3) is 0 Å². The van der Waals surface area contributed by atoms with E-state index in [0.29, 0.717) is 5.75 Å². The number of hydrogen-bond donors (Lipinski definition) is 1. The van der Waals surface area contributed by atoms with Gasteiger partial charge < -0.3 is 9.66 Å². The molecule has 2 aromatic rings. The highest BCUT2D eigenvalue weighted by molar-refractivity contribution is 7.95. The average Bonchev–Trinajstić information content (AvgIpc) is 2.49. The van der Waals surface area contributed by atoms with Gasteiger partial charge in [0.15, 0.2) is 15.0 Å². The minimum atomic E-state index is -6.09. The van der Waals surface area contributed by atoms with Crippen molar-refractivity contribution in [2.24, 2.45) is 0 Å². The number of phenols is 1. The molecule has 1 unspecified atom stereocenters. The number of rotatable bonds is 3. The topological polar surface area (TPSA) is 77.4 Å². The van der Waals surface area contributed by atoms with Crippen LogP contribution >= 0.6 is 0 Å². The van der Waals surface area contributed by atoms with Crippen LogP contribution in [-0.4, -0.2) is 29.8 Å². The second kappa shape index (κ2) is 8.59. The van der Waals surface area contributed by atoms with Gasteiger partial charge in [-0.1, -0.05) is 24.3 Å². The molecular formula is C16H17F3O4S2. The average molecular weight is 394 g/mol. The molecule has 1 atom stereocenters. The van der Waals surface area contributed by atoms with E-state index in [4.69, 9.17) is 13.0 Å². The van der Waals surface area contributed by atoms with E-state index in [-0.39, 0.29) is 10.9 Å². The number of phenolic OH excluding ortho intramolecular Hbond substituents is 1. The van der Waals surface area contributed by atoms with E-state index in [1.165, 1.54) is 16.0 Å². The number of aryl methyl sites for hydroxylation is 1. The van der Waals surface area contributed by atoms with E-state index < -0.39 is 15.6 Å². The maximum Gasteiger partial charge on any atom is 0.485 e. The summed E-state index contributed by atoms with van der Waals surface area (Å²) in [5.74, 6) is 1.40. The van der Waals surface area contributed by atoms with Crippen molar-refractivity contribution < 1.29 is 31.2 Å². The Kier molecular flexibility index (Phi) is 7.33. The van der Waals surface area contributed by atoms with Gasteiger partial charge >= 0.3 is 5.51 Å². The summed E-state index contributed by atoms with van der Waals surface area (Å²) in [4.78, 5) is 1.30. The fourth-order valence-electron chi connectivity index (χ4n) is 1.77. The van der Waals surface area contributed by atoms with Crippen LogP contribution in [0.2, 0.25) is 0 Å². The Morgan fingerprint density at radius 2 is 1.56 bits per heavy atom. The Hall–Kier alpha value is -1.71. The van der Waals surface area contributed by atoms with Crippen molar-refractivity contribution in [1.29, 1.82) is 0 Å². The number of benzene rings is 2. The number of hydrogen-bond acceptors (Lipinski definition) is 4. The molecule has 0 amide bonds. The van der Waals surface area contributed by atoms with Crippen LogP contribution in [0.1, 0.15) is 11.1 Å². The van der Waals surface area contributed by atoms with E-state index in [0.717, 1.165) is 5.75 Å². The van der Waals surface area contributed by atoms with Gasteiger partial charge in [0, 0.05) is 16.5 Å². The monoisotopic (exact) mass is 394 g/mol. The lowest BCUT2D eigenvalue weighted by Crippen LogP contribution is -2.21. The fraction of sp³-hybridized carbons (Fsp3) is 0.250. The molecule has 0 spiro atoms. The smallest absolute Gasteiger partial charge is 0.485 e. The van der Waals surface area contributed by atoms with E-state index in [1.54, 1.807) is 12.1 Å². The summed E-state index contributed by atoms with van der Waals surface area (Å²) in [6, 6.07) is 16.1. The zero-order valence-electron chi connectivity index (χ0n) is 13.4. The third-order valence-electron chi connectivity index (χ3n) is 3.16. The molecule has 0 aromatic heterocycles.